The van der Waals surface area contributed by atoms with Crippen LogP contribution in [0.5, 0.6) is 0 Å². The number of rotatable bonds is 11. The second kappa shape index (κ2) is 15.0. The smallest absolute Gasteiger partial charge is 0.407 e. The lowest BCUT2D eigenvalue weighted by Gasteiger charge is -2.41. The summed E-state index contributed by atoms with van der Waals surface area (Å²) in [5.41, 5.74) is 5.70. The van der Waals surface area contributed by atoms with E-state index in [0.717, 1.165) is 38.1 Å². The van der Waals surface area contributed by atoms with E-state index in [1.165, 1.54) is 24.0 Å². The van der Waals surface area contributed by atoms with E-state index in [9.17, 15) is 15.1 Å². The van der Waals surface area contributed by atoms with E-state index in [4.69, 9.17) is 14.2 Å². The Labute approximate surface area is 261 Å². The Balaban J connectivity index is 1.33. The van der Waals surface area contributed by atoms with Crippen molar-refractivity contribution in [1.82, 2.24) is 5.32 Å². The lowest BCUT2D eigenvalue weighted by Crippen LogP contribution is -2.39. The summed E-state index contributed by atoms with van der Waals surface area (Å²) in [7, 11) is 0. The number of nitrogens with one attached hydrogen (secondary N) is 1. The van der Waals surface area contributed by atoms with Crippen molar-refractivity contribution in [2.24, 2.45) is 5.92 Å². The Kier molecular flexibility index (Phi) is 10.7. The van der Waals surface area contributed by atoms with Crippen LogP contribution in [0.4, 0.5) is 4.79 Å². The van der Waals surface area contributed by atoms with Crippen molar-refractivity contribution in [2.45, 2.75) is 43.6 Å². The van der Waals surface area contributed by atoms with Crippen LogP contribution in [0.2, 0.25) is 0 Å². The Morgan fingerprint density at radius 1 is 1.00 bits per heavy atom. The third-order valence-electron chi connectivity index (χ3n) is 7.52. The van der Waals surface area contributed by atoms with Gasteiger partial charge in [-0.15, -0.1) is 0 Å². The number of carbonyl (C=O) groups is 1. The highest BCUT2D eigenvalue weighted by Gasteiger charge is 2.38. The largest absolute Gasteiger partial charge is 0.618 e. The van der Waals surface area contributed by atoms with Crippen molar-refractivity contribution >= 4 is 17.9 Å². The number of aromatic nitrogens is 1. The number of pyridine rings is 1. The first-order chi connectivity index (χ1) is 21.4. The number of amides is 1. The van der Waals surface area contributed by atoms with Gasteiger partial charge in [-0.05, 0) is 39.9 Å². The van der Waals surface area contributed by atoms with E-state index in [-0.39, 0.29) is 31.3 Å². The number of thioether (sulfide) groups is 1. The number of carbonyl (C=O) groups excluding carboxylic acids is 1. The van der Waals surface area contributed by atoms with Gasteiger partial charge in [-0.25, -0.2) is 4.79 Å². The molecule has 4 aromatic rings. The topological polar surface area (TPSA) is 104 Å². The zero-order chi connectivity index (χ0) is 30.9. The van der Waals surface area contributed by atoms with Gasteiger partial charge < -0.3 is 29.8 Å². The van der Waals surface area contributed by atoms with Crippen LogP contribution in [0.15, 0.2) is 115 Å². The van der Waals surface area contributed by atoms with E-state index < -0.39 is 12.4 Å². The number of hydrogen-bond acceptors (Lipinski definition) is 7. The minimum absolute atomic E-state index is 0.00668. The maximum absolute atomic E-state index is 12.3. The maximum Gasteiger partial charge on any atom is 0.407 e. The van der Waals surface area contributed by atoms with E-state index >= 15 is 0 Å². The number of nitrogens with zero attached hydrogens (tertiary/aromatic N) is 1. The van der Waals surface area contributed by atoms with Gasteiger partial charge in [0, 0.05) is 35.9 Å². The number of alkyl carbamates (subject to hydrolysis) is 1. The predicted octanol–water partition coefficient (Wildman–Crippen LogP) is 6.48. The van der Waals surface area contributed by atoms with Gasteiger partial charge in [-0.1, -0.05) is 98.1 Å². The summed E-state index contributed by atoms with van der Waals surface area (Å²) in [6, 6.07) is 29.2. The van der Waals surface area contributed by atoms with Gasteiger partial charge in [0.15, 0.2) is 12.5 Å². The predicted molar refractivity (Wildman–Crippen MR) is 169 cm³/mol. The van der Waals surface area contributed by atoms with Crippen LogP contribution in [0.25, 0.3) is 11.1 Å². The third kappa shape index (κ3) is 7.86. The fourth-order valence-corrected chi connectivity index (χ4v) is 6.14. The highest BCUT2D eigenvalue weighted by atomic mass is 32.2. The normalized spacial score (nSPS) is 19.7. The average molecular weight is 613 g/mol. The Hall–Kier alpha value is -4.15. The molecule has 44 heavy (non-hydrogen) atoms. The fourth-order valence-electron chi connectivity index (χ4n) is 5.06. The second-order valence-electron chi connectivity index (χ2n) is 10.6. The minimum Gasteiger partial charge on any atom is -0.618 e. The number of hydrogen-bond donors (Lipinski definition) is 2. The van der Waals surface area contributed by atoms with Crippen molar-refractivity contribution in [3.63, 3.8) is 0 Å². The molecule has 0 radical (unpaired) electrons. The summed E-state index contributed by atoms with van der Waals surface area (Å²) in [5.74, 6) is 0.589. The second-order valence-corrected chi connectivity index (χ2v) is 11.6. The zero-order valence-electron chi connectivity index (χ0n) is 24.5. The average Bonchev–Trinajstić information content (AvgIpc) is 3.07. The van der Waals surface area contributed by atoms with Crippen LogP contribution in [0.1, 0.15) is 41.6 Å². The summed E-state index contributed by atoms with van der Waals surface area (Å²) in [5, 5.41) is 25.1. The van der Waals surface area contributed by atoms with Crippen molar-refractivity contribution in [3.05, 3.63) is 137 Å². The Morgan fingerprint density at radius 3 is 2.50 bits per heavy atom. The summed E-state index contributed by atoms with van der Waals surface area (Å²) < 4.78 is 19.0. The molecule has 4 atom stereocenters. The summed E-state index contributed by atoms with van der Waals surface area (Å²) in [6.07, 6.45) is 1.48. The van der Waals surface area contributed by atoms with Gasteiger partial charge in [0.05, 0.1) is 18.8 Å². The van der Waals surface area contributed by atoms with Crippen LogP contribution in [0.3, 0.4) is 0 Å². The number of aliphatic hydroxyl groups is 1. The van der Waals surface area contributed by atoms with Crippen LogP contribution in [-0.2, 0) is 27.4 Å². The quantitative estimate of drug-likeness (QED) is 0.0865. The molecule has 2 heterocycles. The number of benzene rings is 3. The molecule has 0 unspecified atom stereocenters. The van der Waals surface area contributed by atoms with Crippen LogP contribution >= 0.6 is 11.8 Å². The first-order valence-electron chi connectivity index (χ1n) is 14.5. The molecule has 1 aliphatic rings. The highest BCUT2D eigenvalue weighted by molar-refractivity contribution is 7.99. The molecule has 1 aromatic heterocycles. The molecule has 1 aliphatic heterocycles. The van der Waals surface area contributed by atoms with Gasteiger partial charge >= 0.3 is 6.09 Å². The van der Waals surface area contributed by atoms with Gasteiger partial charge in [-0.2, -0.15) is 4.73 Å². The number of ether oxygens (including phenoxy) is 3. The molecule has 1 fully saturated rings. The molecule has 0 saturated carbocycles. The van der Waals surface area contributed by atoms with Gasteiger partial charge in [0.1, 0.15) is 6.61 Å². The molecule has 1 amide bonds. The summed E-state index contributed by atoms with van der Waals surface area (Å²) in [4.78, 5) is 11.8. The summed E-state index contributed by atoms with van der Waals surface area (Å²) >= 11 is 1.47. The first kappa shape index (κ1) is 31.3. The lowest BCUT2D eigenvalue weighted by molar-refractivity contribution is -0.645. The molecular formula is C35H36N2O6S. The zero-order valence-corrected chi connectivity index (χ0v) is 25.3. The molecule has 0 aliphatic carbocycles. The van der Waals surface area contributed by atoms with E-state index in [2.05, 4.69) is 18.8 Å². The SMILES string of the molecule is C=CCOC(=O)NCc1cccc(-c2ccc([C@H]3O[C@@H](CSc4cccc[n+]4[O-])[C@@H](C)[C@@H](c4ccc(CO)cc4)O3)cc2)c1. The molecule has 1 saturated heterocycles. The fraction of sp³-hybridized carbons (Fsp3) is 0.257. The van der Waals surface area contributed by atoms with Crippen LogP contribution < -0.4 is 10.0 Å². The molecule has 5 rings (SSSR count). The first-order valence-corrected chi connectivity index (χ1v) is 15.5. The maximum atomic E-state index is 12.3. The van der Waals surface area contributed by atoms with E-state index in [1.807, 2.05) is 84.9 Å². The van der Waals surface area contributed by atoms with Crippen LogP contribution in [-0.4, -0.2) is 29.7 Å². The third-order valence-corrected chi connectivity index (χ3v) is 8.63. The molecular weight excluding hydrogens is 576 g/mol. The minimum atomic E-state index is -0.611. The standard InChI is InChI=1S/C35H36N2O6S/c1-3-19-41-35(39)36-21-26-7-6-8-30(20-26)27-14-16-29(17-15-27)34-42-31(23-44-32-9-4-5-18-37(32)40)24(2)33(43-34)28-12-10-25(22-38)11-13-28/h3-18,20,24,31,33-34,38H,1,19,21-23H2,2H3,(H,36,39)/t24-,31+,33+,34+/m1/s1. The van der Waals surface area contributed by atoms with Crippen molar-refractivity contribution < 1.29 is 28.8 Å². The van der Waals surface area contributed by atoms with Gasteiger partial charge in [-0.3, -0.25) is 0 Å². The molecule has 8 nitrogen and oxygen atoms in total. The molecule has 0 spiro atoms. The lowest BCUT2D eigenvalue weighted by atomic mass is 9.91. The molecule has 3 aromatic carbocycles. The molecule has 9 heteroatoms. The Bertz CT molecular complexity index is 1550. The molecule has 0 bridgehead atoms. The van der Waals surface area contributed by atoms with Crippen molar-refractivity contribution in [3.8, 4) is 11.1 Å². The van der Waals surface area contributed by atoms with Crippen molar-refractivity contribution in [2.75, 3.05) is 12.4 Å². The molecule has 228 valence electrons. The Morgan fingerprint density at radius 2 is 1.77 bits per heavy atom. The number of aliphatic hydroxyl groups excluding tert-OH is 1. The van der Waals surface area contributed by atoms with E-state index in [1.54, 1.807) is 6.07 Å². The summed E-state index contributed by atoms with van der Waals surface area (Å²) in [6.45, 7) is 6.13. The highest BCUT2D eigenvalue weighted by Crippen LogP contribution is 2.43. The molecule has 2 N–H and O–H groups in total. The van der Waals surface area contributed by atoms with E-state index in [0.29, 0.717) is 17.3 Å². The van der Waals surface area contributed by atoms with Gasteiger partial charge in [0.25, 0.3) is 5.03 Å². The van der Waals surface area contributed by atoms with Crippen molar-refractivity contribution in [1.29, 1.82) is 0 Å². The van der Waals surface area contributed by atoms with Crippen LogP contribution in [0, 0.1) is 11.1 Å². The van der Waals surface area contributed by atoms with Gasteiger partial charge in [0.2, 0.25) is 0 Å². The monoisotopic (exact) mass is 612 g/mol.